The summed E-state index contributed by atoms with van der Waals surface area (Å²) in [5.41, 5.74) is 9.41. The molecule has 0 fully saturated rings. The van der Waals surface area contributed by atoms with Crippen LogP contribution >= 0.6 is 0 Å². The number of ether oxygens (including phenoxy) is 10. The molecular formula is C94H80O30. The van der Waals surface area contributed by atoms with E-state index in [9.17, 15) is 100 Å². The van der Waals surface area contributed by atoms with Crippen LogP contribution in [0.2, 0.25) is 0 Å². The van der Waals surface area contributed by atoms with Gasteiger partial charge in [-0.3, -0.25) is 28.8 Å². The van der Waals surface area contributed by atoms with Gasteiger partial charge in [-0.2, -0.15) is 0 Å². The molecule has 18 rings (SSSR count). The lowest BCUT2D eigenvalue weighted by molar-refractivity contribution is -0.136. The molecule has 12 aromatic carbocycles. The predicted molar refractivity (Wildman–Crippen MR) is 439 cm³/mol. The first-order valence-corrected chi connectivity index (χ1v) is 38.1. The fraction of sp³-hybridized carbons (Fsp3) is 0.170. The molecule has 6 heterocycles. The van der Waals surface area contributed by atoms with Crippen molar-refractivity contribution in [2.75, 3.05) is 28.4 Å². The average molecular weight is 1690 g/mol. The fourth-order valence-electron chi connectivity index (χ4n) is 15.0. The van der Waals surface area contributed by atoms with Crippen LogP contribution in [0.25, 0.3) is 0 Å². The second kappa shape index (κ2) is 37.0. The monoisotopic (exact) mass is 1690 g/mol. The Kier molecular flexibility index (Phi) is 25.6. The summed E-state index contributed by atoms with van der Waals surface area (Å²) < 4.78 is 51.1. The number of hydrogen-bond donors (Lipinski definition) is 14. The zero-order chi connectivity index (χ0) is 88.5. The third kappa shape index (κ3) is 19.6. The summed E-state index contributed by atoms with van der Waals surface area (Å²) in [6.45, 7) is 0. The highest BCUT2D eigenvalue weighted by Gasteiger charge is 2.36. The van der Waals surface area contributed by atoms with Crippen LogP contribution in [0.1, 0.15) is 141 Å². The normalized spacial score (nSPS) is 17.1. The Bertz CT molecular complexity index is 5750. The molecule has 6 atom stereocenters. The van der Waals surface area contributed by atoms with Crippen LogP contribution in [-0.2, 0) is 28.8 Å². The third-order valence-electron chi connectivity index (χ3n) is 21.0. The highest BCUT2D eigenvalue weighted by atomic mass is 16.6. The molecule has 6 aliphatic rings. The van der Waals surface area contributed by atoms with Gasteiger partial charge in [-0.05, 0) is 143 Å². The average Bonchev–Trinajstić information content (AvgIpc) is 0.813. The quantitative estimate of drug-likeness (QED) is 0.0343. The van der Waals surface area contributed by atoms with Crippen molar-refractivity contribution in [2.45, 2.75) is 74.0 Å². The van der Waals surface area contributed by atoms with Gasteiger partial charge in [0.1, 0.15) is 69.0 Å². The second-order valence-corrected chi connectivity index (χ2v) is 28.9. The number of esters is 6. The van der Waals surface area contributed by atoms with Gasteiger partial charge >= 0.3 is 35.8 Å². The summed E-state index contributed by atoms with van der Waals surface area (Å²) in [5.74, 6) is -0.654. The van der Waals surface area contributed by atoms with Crippen molar-refractivity contribution in [3.63, 3.8) is 0 Å². The molecule has 124 heavy (non-hydrogen) atoms. The number of benzene rings is 12. The van der Waals surface area contributed by atoms with Crippen LogP contribution in [-0.4, -0.2) is 136 Å². The third-order valence-corrected chi connectivity index (χ3v) is 21.0. The molecule has 14 N–H and O–H groups in total. The molecule has 0 amide bonds. The van der Waals surface area contributed by atoms with E-state index in [2.05, 4.69) is 0 Å². The van der Waals surface area contributed by atoms with Gasteiger partial charge < -0.3 is 119 Å². The fourth-order valence-corrected chi connectivity index (χ4v) is 15.0. The van der Waals surface area contributed by atoms with Crippen LogP contribution in [0.4, 0.5) is 0 Å². The SMILES string of the molecule is COc1cc([C@@H]2CC(=O)Oc3cc(O)ccc32)ccc1O.COc1cc([C@H]2CC(=O)Oc3cc(O)ccc32)ccc1O.COc1ccc([C@@H]2CC(=O)Oc3cc(O)ccc32)cc1O.COc1ccc([C@H]2CC(=O)Oc3cc(O)ccc32)cc1O.O=C1C[C@@H](c2ccc(O)c(O)c2)c2ccc(O)cc2O1.O=C1C[C@H](c2ccc(O)c(O)c2)c2ccc(O)cc2O1. The van der Waals surface area contributed by atoms with Crippen molar-refractivity contribution in [3.8, 4) is 138 Å². The minimum absolute atomic E-state index is 0.0192. The smallest absolute Gasteiger partial charge is 0.312 e. The lowest BCUT2D eigenvalue weighted by Gasteiger charge is -2.25. The topological polar surface area (TPSA) is 478 Å². The number of aromatic hydroxyl groups is 14. The minimum atomic E-state index is -0.402. The number of phenols is 14. The van der Waals surface area contributed by atoms with Crippen LogP contribution in [0, 0.1) is 0 Å². The van der Waals surface area contributed by atoms with E-state index in [0.717, 1.165) is 55.6 Å². The first kappa shape index (κ1) is 85.7. The first-order chi connectivity index (χ1) is 59.4. The molecule has 6 aliphatic heterocycles. The Morgan fingerprint density at radius 1 is 0.202 bits per heavy atom. The Balaban J connectivity index is 0.000000128. The molecular weight excluding hydrogens is 1610 g/mol. The number of carbonyl (C=O) groups is 6. The lowest BCUT2D eigenvalue weighted by atomic mass is 9.86. The number of phenolic OH excluding ortho intramolecular Hbond substituents is 14. The molecule has 0 aliphatic carbocycles. The maximum Gasteiger partial charge on any atom is 0.312 e. The standard InChI is InChI=1S/4C16H14O5.2C15H12O5/c2*1-20-14-5-2-9(6-13(14)18)12-8-16(19)21-15-7-10(17)3-4-11(12)15;2*1-20-15-6-9(2-5-13(15)18)12-8-16(19)21-14-7-10(17)3-4-11(12)14;2*16-9-2-3-10-11(7-15(19)20-14(10)6-9)8-1-4-12(17)13(18)5-8/h4*2-7,12,17-18H,8H2,1H3;2*1-6,11,16-18H,7H2/t4*12-;2*11-/m101010/s1. The van der Waals surface area contributed by atoms with E-state index in [0.29, 0.717) is 68.6 Å². The van der Waals surface area contributed by atoms with Gasteiger partial charge in [0.2, 0.25) is 0 Å². The number of carbonyl (C=O) groups excluding carboxylic acids is 6. The van der Waals surface area contributed by atoms with Crippen molar-refractivity contribution in [3.05, 3.63) is 285 Å². The highest BCUT2D eigenvalue weighted by Crippen LogP contribution is 2.50. The molecule has 0 radical (unpaired) electrons. The lowest BCUT2D eigenvalue weighted by Crippen LogP contribution is -2.20. The summed E-state index contributed by atoms with van der Waals surface area (Å²) in [6.07, 6.45) is 1.05. The van der Waals surface area contributed by atoms with Gasteiger partial charge in [0.05, 0.1) is 67.0 Å². The Hall–Kier alpha value is -16.1. The molecule has 0 spiro atoms. The first-order valence-electron chi connectivity index (χ1n) is 38.1. The molecule has 0 bridgehead atoms. The van der Waals surface area contributed by atoms with E-state index >= 15 is 0 Å². The maximum absolute atomic E-state index is 11.8. The molecule has 0 aromatic heterocycles. The van der Waals surface area contributed by atoms with Gasteiger partial charge in [-0.15, -0.1) is 0 Å². The van der Waals surface area contributed by atoms with E-state index in [1.54, 1.807) is 133 Å². The van der Waals surface area contributed by atoms with E-state index in [4.69, 9.17) is 47.4 Å². The van der Waals surface area contributed by atoms with Gasteiger partial charge in [-0.1, -0.05) is 72.8 Å². The molecule has 30 heteroatoms. The molecule has 30 nitrogen and oxygen atoms in total. The molecule has 0 saturated carbocycles. The van der Waals surface area contributed by atoms with Gasteiger partial charge in [0.15, 0.2) is 69.0 Å². The molecule has 0 unspecified atom stereocenters. The van der Waals surface area contributed by atoms with Crippen LogP contribution in [0.5, 0.6) is 138 Å². The van der Waals surface area contributed by atoms with Gasteiger partial charge in [0.25, 0.3) is 0 Å². The van der Waals surface area contributed by atoms with Crippen molar-refractivity contribution < 1.29 is 148 Å². The van der Waals surface area contributed by atoms with Crippen molar-refractivity contribution in [2.24, 2.45) is 0 Å². The van der Waals surface area contributed by atoms with Crippen LogP contribution in [0.15, 0.2) is 218 Å². The van der Waals surface area contributed by atoms with Crippen molar-refractivity contribution in [1.82, 2.24) is 0 Å². The van der Waals surface area contributed by atoms with Crippen molar-refractivity contribution in [1.29, 1.82) is 0 Å². The zero-order valence-electron chi connectivity index (χ0n) is 66.3. The van der Waals surface area contributed by atoms with Gasteiger partial charge in [0, 0.05) is 105 Å². The summed E-state index contributed by atoms with van der Waals surface area (Å²) in [5, 5.41) is 134. The summed E-state index contributed by atoms with van der Waals surface area (Å²) in [6, 6.07) is 57.0. The Labute approximate surface area is 705 Å². The predicted octanol–water partition coefficient (Wildman–Crippen LogP) is 14.7. The van der Waals surface area contributed by atoms with Crippen LogP contribution < -0.4 is 47.4 Å². The van der Waals surface area contributed by atoms with E-state index < -0.39 is 11.9 Å². The molecule has 12 aromatic rings. The Morgan fingerprint density at radius 3 is 0.581 bits per heavy atom. The maximum atomic E-state index is 11.8. The molecule has 0 saturated heterocycles. The van der Waals surface area contributed by atoms with E-state index in [1.165, 1.54) is 113 Å². The number of fused-ring (bicyclic) bond motifs is 6. The highest BCUT2D eigenvalue weighted by molar-refractivity contribution is 5.82. The molecule has 636 valence electrons. The summed E-state index contributed by atoms with van der Waals surface area (Å²) in [4.78, 5) is 70.3. The zero-order valence-corrected chi connectivity index (χ0v) is 66.3. The largest absolute Gasteiger partial charge is 0.508 e. The Morgan fingerprint density at radius 2 is 0.387 bits per heavy atom. The summed E-state index contributed by atoms with van der Waals surface area (Å²) >= 11 is 0. The number of methoxy groups -OCH3 is 4. The number of hydrogen-bond acceptors (Lipinski definition) is 30. The van der Waals surface area contributed by atoms with Crippen molar-refractivity contribution >= 4 is 35.8 Å². The van der Waals surface area contributed by atoms with Crippen LogP contribution in [0.3, 0.4) is 0 Å². The minimum Gasteiger partial charge on any atom is -0.508 e. The van der Waals surface area contributed by atoms with E-state index in [-0.39, 0.29) is 178 Å². The summed E-state index contributed by atoms with van der Waals surface area (Å²) in [7, 11) is 5.90. The van der Waals surface area contributed by atoms with E-state index in [1.807, 2.05) is 0 Å². The second-order valence-electron chi connectivity index (χ2n) is 28.9. The van der Waals surface area contributed by atoms with Gasteiger partial charge in [-0.25, -0.2) is 0 Å². The number of rotatable bonds is 10.